The van der Waals surface area contributed by atoms with Crippen LogP contribution >= 0.6 is 0 Å². The normalized spacial score (nSPS) is 9.89. The lowest BCUT2D eigenvalue weighted by Gasteiger charge is -2.11. The summed E-state index contributed by atoms with van der Waals surface area (Å²) in [6.45, 7) is 1.95. The molecule has 0 aromatic heterocycles. The number of anilines is 2. The fourth-order valence-electron chi connectivity index (χ4n) is 1.71. The highest BCUT2D eigenvalue weighted by atomic mass is 16.1. The van der Waals surface area contributed by atoms with E-state index in [-0.39, 0.29) is 5.91 Å². The van der Waals surface area contributed by atoms with Gasteiger partial charge in [0.15, 0.2) is 0 Å². The van der Waals surface area contributed by atoms with Crippen molar-refractivity contribution in [2.75, 3.05) is 10.7 Å². The molecule has 4 heteroatoms. The number of benzene rings is 2. The Morgan fingerprint density at radius 3 is 2.28 bits per heavy atom. The third kappa shape index (κ3) is 2.49. The van der Waals surface area contributed by atoms with Crippen LogP contribution < -0.4 is 16.6 Å². The summed E-state index contributed by atoms with van der Waals surface area (Å²) in [5.41, 5.74) is 5.45. The van der Waals surface area contributed by atoms with E-state index in [2.05, 4.69) is 10.7 Å². The highest BCUT2D eigenvalue weighted by Crippen LogP contribution is 2.18. The lowest BCUT2D eigenvalue weighted by Crippen LogP contribution is -2.17. The van der Waals surface area contributed by atoms with E-state index in [0.29, 0.717) is 11.3 Å². The molecule has 0 saturated heterocycles. The molecule has 0 radical (unpaired) electrons. The maximum absolute atomic E-state index is 12.1. The van der Waals surface area contributed by atoms with Crippen LogP contribution in [0.25, 0.3) is 0 Å². The Morgan fingerprint density at radius 1 is 1.00 bits per heavy atom. The largest absolute Gasteiger partial charge is 0.323 e. The van der Waals surface area contributed by atoms with Crippen LogP contribution in [0.1, 0.15) is 15.9 Å². The maximum atomic E-state index is 12.1. The van der Waals surface area contributed by atoms with Gasteiger partial charge in [0.1, 0.15) is 0 Å². The smallest absolute Gasteiger partial charge is 0.257 e. The van der Waals surface area contributed by atoms with Crippen LogP contribution in [0.2, 0.25) is 0 Å². The number of nitrogen functional groups attached to an aromatic ring is 1. The van der Waals surface area contributed by atoms with Crippen molar-refractivity contribution < 1.29 is 4.79 Å². The van der Waals surface area contributed by atoms with Crippen molar-refractivity contribution in [3.05, 3.63) is 59.7 Å². The number of para-hydroxylation sites is 2. The zero-order valence-corrected chi connectivity index (χ0v) is 10.1. The van der Waals surface area contributed by atoms with E-state index >= 15 is 0 Å². The minimum absolute atomic E-state index is 0.183. The van der Waals surface area contributed by atoms with Crippen LogP contribution in [0, 0.1) is 6.92 Å². The molecule has 0 heterocycles. The molecular weight excluding hydrogens is 226 g/mol. The van der Waals surface area contributed by atoms with Gasteiger partial charge >= 0.3 is 0 Å². The minimum atomic E-state index is -0.183. The maximum Gasteiger partial charge on any atom is 0.257 e. The predicted octanol–water partition coefficient (Wildman–Crippen LogP) is 2.53. The average Bonchev–Trinajstić information content (AvgIpc) is 2.41. The SMILES string of the molecule is Cc1ccccc1NC(=O)c1ccccc1NN. The third-order valence-electron chi connectivity index (χ3n) is 2.72. The monoisotopic (exact) mass is 241 g/mol. The van der Waals surface area contributed by atoms with Crippen molar-refractivity contribution in [1.29, 1.82) is 0 Å². The van der Waals surface area contributed by atoms with E-state index < -0.39 is 0 Å². The number of carbonyl (C=O) groups is 1. The van der Waals surface area contributed by atoms with Gasteiger partial charge in [-0.05, 0) is 30.7 Å². The molecule has 1 amide bonds. The molecule has 2 rings (SSSR count). The van der Waals surface area contributed by atoms with E-state index in [1.807, 2.05) is 37.3 Å². The first-order chi connectivity index (χ1) is 8.72. The van der Waals surface area contributed by atoms with Crippen molar-refractivity contribution in [2.45, 2.75) is 6.92 Å². The van der Waals surface area contributed by atoms with Crippen LogP contribution in [-0.4, -0.2) is 5.91 Å². The summed E-state index contributed by atoms with van der Waals surface area (Å²) in [4.78, 5) is 12.1. The third-order valence-corrected chi connectivity index (χ3v) is 2.72. The van der Waals surface area contributed by atoms with Crippen LogP contribution in [0.4, 0.5) is 11.4 Å². The summed E-state index contributed by atoms with van der Waals surface area (Å²) in [7, 11) is 0. The first-order valence-electron chi connectivity index (χ1n) is 5.65. The first kappa shape index (κ1) is 12.1. The second-order valence-corrected chi connectivity index (χ2v) is 3.96. The van der Waals surface area contributed by atoms with Crippen molar-refractivity contribution in [1.82, 2.24) is 0 Å². The lowest BCUT2D eigenvalue weighted by molar-refractivity contribution is 0.102. The van der Waals surface area contributed by atoms with Gasteiger partial charge in [-0.1, -0.05) is 30.3 Å². The lowest BCUT2D eigenvalue weighted by atomic mass is 10.1. The summed E-state index contributed by atoms with van der Waals surface area (Å²) in [5, 5.41) is 2.87. The Morgan fingerprint density at radius 2 is 1.61 bits per heavy atom. The number of aryl methyl sites for hydroxylation is 1. The number of rotatable bonds is 3. The molecule has 0 atom stereocenters. The van der Waals surface area contributed by atoms with Gasteiger partial charge in [-0.3, -0.25) is 10.6 Å². The number of nitrogens with two attached hydrogens (primary N) is 1. The van der Waals surface area contributed by atoms with Gasteiger partial charge in [0, 0.05) is 5.69 Å². The van der Waals surface area contributed by atoms with Gasteiger partial charge in [-0.2, -0.15) is 0 Å². The number of carbonyl (C=O) groups excluding carboxylic acids is 1. The number of hydrogen-bond acceptors (Lipinski definition) is 3. The number of hydrazine groups is 1. The summed E-state index contributed by atoms with van der Waals surface area (Å²) < 4.78 is 0. The van der Waals surface area contributed by atoms with E-state index in [1.165, 1.54) is 0 Å². The molecule has 4 N–H and O–H groups in total. The van der Waals surface area contributed by atoms with Crippen molar-refractivity contribution in [2.24, 2.45) is 5.84 Å². The number of hydrogen-bond donors (Lipinski definition) is 3. The second kappa shape index (κ2) is 5.33. The Bertz CT molecular complexity index is 566. The number of nitrogens with one attached hydrogen (secondary N) is 2. The molecule has 0 aliphatic rings. The van der Waals surface area contributed by atoms with E-state index in [4.69, 9.17) is 5.84 Å². The summed E-state index contributed by atoms with van der Waals surface area (Å²) >= 11 is 0. The molecule has 0 fully saturated rings. The Balaban J connectivity index is 2.25. The highest BCUT2D eigenvalue weighted by Gasteiger charge is 2.10. The number of amides is 1. The van der Waals surface area contributed by atoms with Crippen LogP contribution in [-0.2, 0) is 0 Å². The molecule has 92 valence electrons. The fourth-order valence-corrected chi connectivity index (χ4v) is 1.71. The molecule has 2 aromatic carbocycles. The summed E-state index contributed by atoms with van der Waals surface area (Å²) in [6.07, 6.45) is 0. The molecule has 4 nitrogen and oxygen atoms in total. The van der Waals surface area contributed by atoms with Crippen LogP contribution in [0.3, 0.4) is 0 Å². The standard InChI is InChI=1S/C14H15N3O/c1-10-6-2-4-8-12(10)16-14(18)11-7-3-5-9-13(11)17-15/h2-9,17H,15H2,1H3,(H,16,18). The van der Waals surface area contributed by atoms with Crippen molar-refractivity contribution in [3.8, 4) is 0 Å². The zero-order valence-electron chi connectivity index (χ0n) is 10.1. The van der Waals surface area contributed by atoms with Gasteiger partial charge in [-0.15, -0.1) is 0 Å². The molecule has 2 aromatic rings. The fraction of sp³-hybridized carbons (Fsp3) is 0.0714. The van der Waals surface area contributed by atoms with Gasteiger partial charge in [-0.25, -0.2) is 0 Å². The minimum Gasteiger partial charge on any atom is -0.323 e. The Kier molecular flexibility index (Phi) is 3.60. The quantitative estimate of drug-likeness (QED) is 0.571. The molecule has 0 bridgehead atoms. The van der Waals surface area contributed by atoms with E-state index in [9.17, 15) is 4.79 Å². The molecular formula is C14H15N3O. The molecule has 0 aliphatic heterocycles. The van der Waals surface area contributed by atoms with Gasteiger partial charge in [0.25, 0.3) is 5.91 Å². The molecule has 0 saturated carbocycles. The van der Waals surface area contributed by atoms with E-state index in [1.54, 1.807) is 18.2 Å². The first-order valence-corrected chi connectivity index (χ1v) is 5.65. The zero-order chi connectivity index (χ0) is 13.0. The van der Waals surface area contributed by atoms with Crippen LogP contribution in [0.15, 0.2) is 48.5 Å². The van der Waals surface area contributed by atoms with Gasteiger partial charge in [0.05, 0.1) is 11.3 Å². The summed E-state index contributed by atoms with van der Waals surface area (Å²) in [6, 6.07) is 14.7. The predicted molar refractivity (Wildman–Crippen MR) is 73.4 cm³/mol. The highest BCUT2D eigenvalue weighted by molar-refractivity contribution is 6.08. The van der Waals surface area contributed by atoms with Gasteiger partial charge in [0.2, 0.25) is 0 Å². The van der Waals surface area contributed by atoms with Crippen molar-refractivity contribution in [3.63, 3.8) is 0 Å². The molecule has 0 unspecified atom stereocenters. The van der Waals surface area contributed by atoms with Crippen LogP contribution in [0.5, 0.6) is 0 Å². The molecule has 0 aliphatic carbocycles. The average molecular weight is 241 g/mol. The van der Waals surface area contributed by atoms with Gasteiger partial charge < -0.3 is 10.7 Å². The summed E-state index contributed by atoms with van der Waals surface area (Å²) in [5.74, 6) is 5.20. The van der Waals surface area contributed by atoms with E-state index in [0.717, 1.165) is 11.3 Å². The molecule has 0 spiro atoms. The second-order valence-electron chi connectivity index (χ2n) is 3.96. The topological polar surface area (TPSA) is 67.2 Å². The van der Waals surface area contributed by atoms with Crippen molar-refractivity contribution >= 4 is 17.3 Å². The molecule has 18 heavy (non-hydrogen) atoms. The Hall–Kier alpha value is -2.33. The Labute approximate surface area is 106 Å².